The quantitative estimate of drug-likeness (QED) is 0.579. The number of carbonyl (C=O) groups is 4. The minimum absolute atomic E-state index is 0.182. The van der Waals surface area contributed by atoms with Crippen LogP contribution < -0.4 is 15.5 Å². The summed E-state index contributed by atoms with van der Waals surface area (Å²) in [4.78, 5) is 45.1. The maximum Gasteiger partial charge on any atom is 0.221 e. The Morgan fingerprint density at radius 1 is 1.16 bits per heavy atom. The number of rotatable bonds is 9. The summed E-state index contributed by atoms with van der Waals surface area (Å²) in [5.41, 5.74) is 0.233. The molecule has 0 spiro atoms. The Hall–Kier alpha value is -3.03. The van der Waals surface area contributed by atoms with Crippen LogP contribution in [-0.4, -0.2) is 23.6 Å². The van der Waals surface area contributed by atoms with Crippen LogP contribution in [0.4, 0.5) is 4.39 Å². The lowest BCUT2D eigenvalue weighted by molar-refractivity contribution is -0.313. The van der Waals surface area contributed by atoms with Crippen molar-refractivity contribution in [3.05, 3.63) is 41.3 Å². The van der Waals surface area contributed by atoms with E-state index in [0.717, 1.165) is 19.1 Å². The van der Waals surface area contributed by atoms with E-state index < -0.39 is 48.2 Å². The fourth-order valence-corrected chi connectivity index (χ4v) is 2.03. The van der Waals surface area contributed by atoms with E-state index in [4.69, 9.17) is 0 Å². The summed E-state index contributed by atoms with van der Waals surface area (Å²) >= 11 is 0. The predicted molar refractivity (Wildman–Crippen MR) is 80.6 cm³/mol. The van der Waals surface area contributed by atoms with E-state index in [2.05, 4.69) is 5.32 Å². The van der Waals surface area contributed by atoms with Gasteiger partial charge in [-0.1, -0.05) is 12.1 Å². The van der Waals surface area contributed by atoms with Gasteiger partial charge in [-0.25, -0.2) is 4.39 Å². The van der Waals surface area contributed by atoms with Crippen LogP contribution >= 0.6 is 0 Å². The van der Waals surface area contributed by atoms with Crippen molar-refractivity contribution in [3.8, 4) is 0 Å². The molecule has 8 heteroatoms. The average molecular weight is 349 g/mol. The number of amides is 1. The maximum atomic E-state index is 12.9. The highest BCUT2D eigenvalue weighted by molar-refractivity contribution is 6.03. The van der Waals surface area contributed by atoms with Gasteiger partial charge in [-0.05, 0) is 36.6 Å². The Morgan fingerprint density at radius 3 is 2.24 bits per heavy atom. The number of carboxylic acid groups (broad SMARTS) is 2. The zero-order valence-corrected chi connectivity index (χ0v) is 13.4. The molecule has 0 saturated heterocycles. The molecule has 0 aliphatic carbocycles. The first-order valence-electron chi connectivity index (χ1n) is 7.37. The molecular formula is C17H16FNO6-2. The number of carboxylic acids is 2. The first-order chi connectivity index (χ1) is 11.7. The first kappa shape index (κ1) is 20.0. The van der Waals surface area contributed by atoms with E-state index in [9.17, 15) is 33.8 Å². The van der Waals surface area contributed by atoms with Crippen LogP contribution in [0.1, 0.15) is 31.7 Å². The zero-order valence-electron chi connectivity index (χ0n) is 13.4. The van der Waals surface area contributed by atoms with E-state index in [1.165, 1.54) is 18.2 Å². The van der Waals surface area contributed by atoms with Gasteiger partial charge in [-0.15, -0.1) is 0 Å². The highest BCUT2D eigenvalue weighted by Crippen LogP contribution is 2.15. The number of hydrogen-bond donors (Lipinski definition) is 1. The Kier molecular flexibility index (Phi) is 7.45. The lowest BCUT2D eigenvalue weighted by Gasteiger charge is -2.18. The summed E-state index contributed by atoms with van der Waals surface area (Å²) in [5, 5.41) is 23.8. The van der Waals surface area contributed by atoms with Crippen molar-refractivity contribution in [2.24, 2.45) is 5.92 Å². The molecule has 0 aromatic heterocycles. The summed E-state index contributed by atoms with van der Waals surface area (Å²) in [6.45, 7) is 1.16. The highest BCUT2D eigenvalue weighted by atomic mass is 19.1. The third-order valence-electron chi connectivity index (χ3n) is 3.25. The van der Waals surface area contributed by atoms with Gasteiger partial charge in [0.05, 0.1) is 5.70 Å². The second kappa shape index (κ2) is 9.31. The molecule has 0 aliphatic heterocycles. The number of nitrogens with one attached hydrogen (secondary N) is 1. The van der Waals surface area contributed by atoms with Gasteiger partial charge in [0.25, 0.3) is 0 Å². The van der Waals surface area contributed by atoms with Crippen molar-refractivity contribution in [2.75, 3.05) is 0 Å². The molecule has 134 valence electrons. The van der Waals surface area contributed by atoms with Gasteiger partial charge < -0.3 is 25.1 Å². The number of halogens is 1. The van der Waals surface area contributed by atoms with Crippen molar-refractivity contribution in [1.29, 1.82) is 0 Å². The molecule has 7 nitrogen and oxygen atoms in total. The van der Waals surface area contributed by atoms with Crippen LogP contribution in [0.25, 0.3) is 6.08 Å². The Morgan fingerprint density at radius 2 is 1.76 bits per heavy atom. The molecular weight excluding hydrogens is 333 g/mol. The Bertz CT molecular complexity index is 696. The maximum absolute atomic E-state index is 12.9. The zero-order chi connectivity index (χ0) is 19.0. The van der Waals surface area contributed by atoms with Crippen LogP contribution in [0.15, 0.2) is 30.0 Å². The molecule has 0 fully saturated rings. The van der Waals surface area contributed by atoms with Crippen LogP contribution in [-0.2, 0) is 19.2 Å². The molecule has 1 rings (SSSR count). The summed E-state index contributed by atoms with van der Waals surface area (Å²) < 4.78 is 12.9. The van der Waals surface area contributed by atoms with Gasteiger partial charge >= 0.3 is 0 Å². The van der Waals surface area contributed by atoms with Crippen molar-refractivity contribution in [2.45, 2.75) is 26.2 Å². The smallest absolute Gasteiger partial charge is 0.221 e. The fraction of sp³-hybridized carbons (Fsp3) is 0.294. The second-order valence-electron chi connectivity index (χ2n) is 5.34. The van der Waals surface area contributed by atoms with Gasteiger partial charge in [0, 0.05) is 31.2 Å². The largest absolute Gasteiger partial charge is 0.550 e. The van der Waals surface area contributed by atoms with E-state index >= 15 is 0 Å². The molecule has 1 atom stereocenters. The normalized spacial score (nSPS) is 12.3. The monoisotopic (exact) mass is 349 g/mol. The topological polar surface area (TPSA) is 126 Å². The number of Topliss-reactive ketones (excluding diaryl/α,β-unsaturated/α-hetero) is 1. The van der Waals surface area contributed by atoms with Gasteiger partial charge in [-0.3, -0.25) is 9.59 Å². The van der Waals surface area contributed by atoms with Gasteiger partial charge in [-0.2, -0.15) is 0 Å². The molecule has 1 aromatic rings. The van der Waals surface area contributed by atoms with E-state index in [0.29, 0.717) is 5.56 Å². The van der Waals surface area contributed by atoms with Crippen LogP contribution in [0.5, 0.6) is 0 Å². The molecule has 0 bridgehead atoms. The summed E-state index contributed by atoms with van der Waals surface area (Å²) in [5.74, 6) is -6.10. The molecule has 1 aromatic carbocycles. The second-order valence-corrected chi connectivity index (χ2v) is 5.34. The molecule has 25 heavy (non-hydrogen) atoms. The number of benzene rings is 1. The lowest BCUT2D eigenvalue weighted by Crippen LogP contribution is -2.35. The lowest BCUT2D eigenvalue weighted by atomic mass is 9.95. The standard InChI is InChI=1S/C17H18FNO6/c1-10(20)19-14(8-11-2-5-13(18)6-3-11)15(21)9-12(17(24)25)4-7-16(22)23/h2-3,5-6,8,12H,4,7,9H2,1H3,(H,19,20)(H,22,23)(H,24,25)/p-2/b14-8+/t12-/m1/s1. The summed E-state index contributed by atoms with van der Waals surface area (Å²) in [6.07, 6.45) is -0.152. The SMILES string of the molecule is CC(=O)N/C(=C/c1ccc(F)cc1)C(=O)C[C@@H](CCC(=O)[O-])C(=O)[O-]. The van der Waals surface area contributed by atoms with Gasteiger partial charge in [0.2, 0.25) is 5.91 Å². The number of allylic oxidation sites excluding steroid dienone is 1. The number of hydrogen-bond acceptors (Lipinski definition) is 6. The van der Waals surface area contributed by atoms with Crippen LogP contribution in [0, 0.1) is 11.7 Å². The minimum atomic E-state index is -1.57. The van der Waals surface area contributed by atoms with Gasteiger partial charge in [0.1, 0.15) is 5.82 Å². The van der Waals surface area contributed by atoms with Gasteiger partial charge in [0.15, 0.2) is 5.78 Å². The number of ketones is 1. The molecule has 0 saturated carbocycles. The predicted octanol–water partition coefficient (Wildman–Crippen LogP) is -0.842. The number of aliphatic carboxylic acids is 2. The number of carbonyl (C=O) groups excluding carboxylic acids is 4. The summed E-state index contributed by atoms with van der Waals surface area (Å²) in [7, 11) is 0. The molecule has 0 unspecified atom stereocenters. The van der Waals surface area contributed by atoms with Crippen LogP contribution in [0.3, 0.4) is 0 Å². The summed E-state index contributed by atoms with van der Waals surface area (Å²) in [6, 6.07) is 5.06. The molecule has 1 amide bonds. The fourth-order valence-electron chi connectivity index (χ4n) is 2.03. The van der Waals surface area contributed by atoms with Crippen molar-refractivity contribution >= 4 is 29.7 Å². The first-order valence-corrected chi connectivity index (χ1v) is 7.37. The van der Waals surface area contributed by atoms with E-state index in [1.54, 1.807) is 0 Å². The Labute approximate surface area is 143 Å². The molecule has 0 radical (unpaired) electrons. The minimum Gasteiger partial charge on any atom is -0.550 e. The average Bonchev–Trinajstić information content (AvgIpc) is 2.51. The highest BCUT2D eigenvalue weighted by Gasteiger charge is 2.19. The molecule has 0 heterocycles. The Balaban J connectivity index is 2.98. The van der Waals surface area contributed by atoms with E-state index in [-0.39, 0.29) is 12.1 Å². The van der Waals surface area contributed by atoms with Crippen molar-refractivity contribution in [1.82, 2.24) is 5.32 Å². The molecule has 1 N–H and O–H groups in total. The van der Waals surface area contributed by atoms with E-state index in [1.807, 2.05) is 0 Å². The van der Waals surface area contributed by atoms with Crippen molar-refractivity contribution < 1.29 is 33.8 Å². The van der Waals surface area contributed by atoms with Crippen molar-refractivity contribution in [3.63, 3.8) is 0 Å². The molecule has 0 aliphatic rings. The third-order valence-corrected chi connectivity index (χ3v) is 3.25. The van der Waals surface area contributed by atoms with Crippen LogP contribution in [0.2, 0.25) is 0 Å². The third kappa shape index (κ3) is 7.38.